The molecule has 1 N–H and O–H groups in total. The van der Waals surface area contributed by atoms with Gasteiger partial charge in [-0.25, -0.2) is 4.98 Å². The predicted molar refractivity (Wildman–Crippen MR) is 65.3 cm³/mol. The van der Waals surface area contributed by atoms with E-state index in [0.29, 0.717) is 5.13 Å². The molecule has 0 aliphatic carbocycles. The minimum absolute atomic E-state index is 0.389. The minimum atomic E-state index is -1.26. The Morgan fingerprint density at radius 1 is 1.37 bits per heavy atom. The first-order valence-corrected chi connectivity index (χ1v) is 6.72. The van der Waals surface area contributed by atoms with Gasteiger partial charge in [-0.1, -0.05) is 12.2 Å². The molecule has 3 rings (SSSR count). The van der Waals surface area contributed by atoms with Gasteiger partial charge >= 0.3 is 0 Å². The Kier molecular flexibility index (Phi) is 2.87. The third-order valence-corrected chi connectivity index (χ3v) is 4.20. The van der Waals surface area contributed by atoms with Crippen molar-refractivity contribution >= 4 is 28.3 Å². The number of anilines is 1. The summed E-state index contributed by atoms with van der Waals surface area (Å²) in [6.07, 6.45) is 2.34. The number of aryl methyl sites for hydroxylation is 1. The number of rotatable bonds is 3. The number of carboxylic acid groups (broad SMARTS) is 1. The van der Waals surface area contributed by atoms with Crippen LogP contribution in [-0.2, 0) is 14.3 Å². The molecule has 2 aliphatic rings. The second-order valence-corrected chi connectivity index (χ2v) is 5.46. The summed E-state index contributed by atoms with van der Waals surface area (Å²) in [5.41, 5.74) is 0.806. The number of aromatic nitrogens is 1. The van der Waals surface area contributed by atoms with Crippen LogP contribution in [0.2, 0.25) is 0 Å². The number of aliphatic carboxylic acids is 1. The van der Waals surface area contributed by atoms with E-state index in [-0.39, 0.29) is 5.91 Å². The highest BCUT2D eigenvalue weighted by Crippen LogP contribution is 2.39. The summed E-state index contributed by atoms with van der Waals surface area (Å²) in [7, 11) is 0. The average Bonchev–Trinajstić information content (AvgIpc) is 3.03. The van der Waals surface area contributed by atoms with Crippen LogP contribution in [0.1, 0.15) is 5.69 Å². The largest absolute Gasteiger partial charge is 0.550 e. The van der Waals surface area contributed by atoms with Gasteiger partial charge in [-0.2, -0.15) is 0 Å². The number of nitrogens with one attached hydrogen (secondary N) is 1. The number of amides is 1. The highest BCUT2D eigenvalue weighted by Gasteiger charge is 2.50. The van der Waals surface area contributed by atoms with Crippen molar-refractivity contribution in [2.75, 3.05) is 5.32 Å². The van der Waals surface area contributed by atoms with Crippen LogP contribution in [0.5, 0.6) is 0 Å². The van der Waals surface area contributed by atoms with E-state index in [0.717, 1.165) is 5.69 Å². The normalized spacial score (nSPS) is 31.6. The summed E-state index contributed by atoms with van der Waals surface area (Å²) in [6.45, 7) is 1.82. The smallest absolute Gasteiger partial charge is 0.233 e. The number of nitrogens with zero attached hydrogens (tertiary/aromatic N) is 1. The molecule has 4 atom stereocenters. The fraction of sp³-hybridized carbons (Fsp3) is 0.417. The molecule has 100 valence electrons. The maximum atomic E-state index is 12.2. The van der Waals surface area contributed by atoms with Crippen molar-refractivity contribution in [1.29, 1.82) is 0 Å². The molecule has 1 aromatic heterocycles. The molecule has 1 aromatic rings. The number of carboxylic acids is 1. The number of fused-ring (bicyclic) bond motifs is 2. The zero-order valence-electron chi connectivity index (χ0n) is 10.0. The summed E-state index contributed by atoms with van der Waals surface area (Å²) >= 11 is 1.30. The Labute approximate surface area is 113 Å². The molecule has 0 saturated carbocycles. The molecule has 1 fully saturated rings. The lowest BCUT2D eigenvalue weighted by Gasteiger charge is -2.24. The number of hydrogen-bond donors (Lipinski definition) is 1. The predicted octanol–water partition coefficient (Wildman–Crippen LogP) is -0.290. The molecule has 0 spiro atoms. The van der Waals surface area contributed by atoms with Crippen LogP contribution in [0.4, 0.5) is 5.13 Å². The fourth-order valence-corrected chi connectivity index (χ4v) is 3.19. The van der Waals surface area contributed by atoms with E-state index in [1.54, 1.807) is 12.2 Å². The van der Waals surface area contributed by atoms with E-state index in [9.17, 15) is 14.7 Å². The first kappa shape index (κ1) is 12.3. The standard InChI is InChI=1S/C12H12N2O4S/c1-5-4-19-12(13-5)14-10(15)8-6-2-3-7(18-6)9(8)11(16)17/h2-4,6-9H,1H3,(H,16,17)(H,13,14,15)/p-1/t6-,7+,8+,9+/m1/s1. The molecule has 1 saturated heterocycles. The topological polar surface area (TPSA) is 91.4 Å². The van der Waals surface area contributed by atoms with E-state index >= 15 is 0 Å². The van der Waals surface area contributed by atoms with Gasteiger partial charge in [0.15, 0.2) is 5.13 Å². The van der Waals surface area contributed by atoms with Crippen molar-refractivity contribution in [3.8, 4) is 0 Å². The molecule has 1 amide bonds. The fourth-order valence-electron chi connectivity index (χ4n) is 2.50. The zero-order valence-corrected chi connectivity index (χ0v) is 10.8. The Balaban J connectivity index is 1.79. The Morgan fingerprint density at radius 3 is 2.63 bits per heavy atom. The molecule has 2 bridgehead atoms. The number of carbonyl (C=O) groups excluding carboxylic acids is 2. The molecule has 0 aromatic carbocycles. The van der Waals surface area contributed by atoms with E-state index in [4.69, 9.17) is 4.74 Å². The summed E-state index contributed by atoms with van der Waals surface area (Å²) in [4.78, 5) is 27.4. The van der Waals surface area contributed by atoms with Crippen molar-refractivity contribution in [3.63, 3.8) is 0 Å². The first-order valence-electron chi connectivity index (χ1n) is 5.84. The van der Waals surface area contributed by atoms with Crippen LogP contribution < -0.4 is 10.4 Å². The number of carbonyl (C=O) groups is 2. The highest BCUT2D eigenvalue weighted by atomic mass is 32.1. The number of thiazole rings is 1. The van der Waals surface area contributed by atoms with E-state index in [2.05, 4.69) is 10.3 Å². The van der Waals surface area contributed by atoms with Gasteiger partial charge in [0.25, 0.3) is 0 Å². The number of ether oxygens (including phenoxy) is 1. The monoisotopic (exact) mass is 279 g/mol. The molecule has 2 aliphatic heterocycles. The van der Waals surface area contributed by atoms with Gasteiger partial charge in [-0.15, -0.1) is 11.3 Å². The molecule has 19 heavy (non-hydrogen) atoms. The summed E-state index contributed by atoms with van der Waals surface area (Å²) in [5.74, 6) is -3.34. The van der Waals surface area contributed by atoms with Gasteiger partial charge in [-0.05, 0) is 6.92 Å². The van der Waals surface area contributed by atoms with Crippen molar-refractivity contribution in [2.24, 2.45) is 11.8 Å². The van der Waals surface area contributed by atoms with Gasteiger partial charge in [0.1, 0.15) is 0 Å². The van der Waals surface area contributed by atoms with E-state index in [1.165, 1.54) is 11.3 Å². The van der Waals surface area contributed by atoms with Crippen LogP contribution in [0.25, 0.3) is 0 Å². The molecular weight excluding hydrogens is 268 g/mol. The minimum Gasteiger partial charge on any atom is -0.550 e. The van der Waals surface area contributed by atoms with Crippen molar-refractivity contribution in [2.45, 2.75) is 19.1 Å². The van der Waals surface area contributed by atoms with Gasteiger partial charge < -0.3 is 20.0 Å². The van der Waals surface area contributed by atoms with Crippen LogP contribution in [0, 0.1) is 18.8 Å². The maximum Gasteiger partial charge on any atom is 0.233 e. The summed E-state index contributed by atoms with van der Waals surface area (Å²) in [6, 6.07) is 0. The average molecular weight is 279 g/mol. The quantitative estimate of drug-likeness (QED) is 0.768. The van der Waals surface area contributed by atoms with Crippen LogP contribution in [0.3, 0.4) is 0 Å². The number of hydrogen-bond acceptors (Lipinski definition) is 6. The molecule has 7 heteroatoms. The van der Waals surface area contributed by atoms with Crippen LogP contribution in [0.15, 0.2) is 17.5 Å². The lowest BCUT2D eigenvalue weighted by molar-refractivity contribution is -0.313. The molecular formula is C12H11N2O4S-. The van der Waals surface area contributed by atoms with Crippen molar-refractivity contribution in [3.05, 3.63) is 23.2 Å². The lowest BCUT2D eigenvalue weighted by atomic mass is 9.82. The van der Waals surface area contributed by atoms with Crippen LogP contribution in [-0.4, -0.2) is 29.1 Å². The second-order valence-electron chi connectivity index (χ2n) is 4.60. The SMILES string of the molecule is Cc1csc(NC(=O)[C@@H]2[C@@H](C(=O)[O-])[C@@H]3C=C[C@H]2O3)n1. The van der Waals surface area contributed by atoms with Gasteiger partial charge in [-0.3, -0.25) is 4.79 Å². The first-order chi connectivity index (χ1) is 9.06. The van der Waals surface area contributed by atoms with Crippen molar-refractivity contribution in [1.82, 2.24) is 4.98 Å². The third-order valence-electron chi connectivity index (χ3n) is 3.32. The zero-order chi connectivity index (χ0) is 13.6. The summed E-state index contributed by atoms with van der Waals surface area (Å²) < 4.78 is 5.41. The van der Waals surface area contributed by atoms with Gasteiger partial charge in [0, 0.05) is 17.3 Å². The molecule has 0 unspecified atom stereocenters. The van der Waals surface area contributed by atoms with Crippen molar-refractivity contribution < 1.29 is 19.4 Å². The second kappa shape index (κ2) is 4.43. The lowest BCUT2D eigenvalue weighted by Crippen LogP contribution is -2.45. The maximum absolute atomic E-state index is 12.2. The van der Waals surface area contributed by atoms with Gasteiger partial charge in [0.05, 0.1) is 23.8 Å². The Morgan fingerprint density at radius 2 is 2.05 bits per heavy atom. The Hall–Kier alpha value is -1.73. The summed E-state index contributed by atoms with van der Waals surface area (Å²) in [5, 5.41) is 16.1. The highest BCUT2D eigenvalue weighted by molar-refractivity contribution is 7.13. The Bertz CT molecular complexity index is 568. The molecule has 6 nitrogen and oxygen atoms in total. The van der Waals surface area contributed by atoms with E-state index < -0.39 is 30.0 Å². The van der Waals surface area contributed by atoms with Crippen LogP contribution >= 0.6 is 11.3 Å². The van der Waals surface area contributed by atoms with E-state index in [1.807, 2.05) is 12.3 Å². The molecule has 0 radical (unpaired) electrons. The van der Waals surface area contributed by atoms with Gasteiger partial charge in [0.2, 0.25) is 5.91 Å². The third kappa shape index (κ3) is 2.04. The molecule has 3 heterocycles.